The van der Waals surface area contributed by atoms with E-state index in [1.807, 2.05) is 48.4 Å². The highest BCUT2D eigenvalue weighted by atomic mass is 16.3. The molecule has 1 saturated heterocycles. The van der Waals surface area contributed by atoms with Gasteiger partial charge in [-0.3, -0.25) is 9.69 Å². The van der Waals surface area contributed by atoms with E-state index >= 15 is 0 Å². The smallest absolute Gasteiger partial charge is 0.254 e. The van der Waals surface area contributed by atoms with Gasteiger partial charge in [0.1, 0.15) is 0 Å². The van der Waals surface area contributed by atoms with Gasteiger partial charge in [-0.15, -0.1) is 0 Å². The third-order valence-corrected chi connectivity index (χ3v) is 4.26. The van der Waals surface area contributed by atoms with E-state index < -0.39 is 0 Å². The SMILES string of the molecule is Cc1ccn(-c2cccc(C(=O)N3CCN(CC(C)O)CC3)c2)n1. The Hall–Kier alpha value is -2.18. The van der Waals surface area contributed by atoms with Gasteiger partial charge in [-0.1, -0.05) is 6.07 Å². The Morgan fingerprint density at radius 2 is 2.00 bits per heavy atom. The minimum atomic E-state index is -0.332. The zero-order valence-electron chi connectivity index (χ0n) is 14.2. The summed E-state index contributed by atoms with van der Waals surface area (Å²) in [6, 6.07) is 9.52. The van der Waals surface area contributed by atoms with Gasteiger partial charge >= 0.3 is 0 Å². The molecule has 128 valence electrons. The zero-order chi connectivity index (χ0) is 17.1. The lowest BCUT2D eigenvalue weighted by Gasteiger charge is -2.35. The molecule has 24 heavy (non-hydrogen) atoms. The van der Waals surface area contributed by atoms with E-state index in [4.69, 9.17) is 0 Å². The lowest BCUT2D eigenvalue weighted by Crippen LogP contribution is -2.50. The summed E-state index contributed by atoms with van der Waals surface area (Å²) in [6.45, 7) is 7.38. The lowest BCUT2D eigenvalue weighted by atomic mass is 10.1. The molecule has 0 saturated carbocycles. The van der Waals surface area contributed by atoms with E-state index in [0.29, 0.717) is 25.2 Å². The molecule has 0 spiro atoms. The average molecular weight is 328 g/mol. The molecule has 2 aromatic rings. The van der Waals surface area contributed by atoms with Gasteiger partial charge in [0.25, 0.3) is 5.91 Å². The van der Waals surface area contributed by atoms with Crippen molar-refractivity contribution >= 4 is 5.91 Å². The van der Waals surface area contributed by atoms with Crippen molar-refractivity contribution in [3.05, 3.63) is 47.8 Å². The number of hydrogen-bond donors (Lipinski definition) is 1. The Labute approximate surface area is 142 Å². The standard InChI is InChI=1S/C18H24N4O2/c1-14-6-7-22(19-14)17-5-3-4-16(12-17)18(24)21-10-8-20(9-11-21)13-15(2)23/h3-7,12,15,23H,8-11,13H2,1-2H3. The van der Waals surface area contributed by atoms with Gasteiger partial charge in [0.2, 0.25) is 0 Å². The number of aryl methyl sites for hydroxylation is 1. The number of β-amino-alcohol motifs (C(OH)–C–C–N with tert-alkyl or cyclic N) is 1. The van der Waals surface area contributed by atoms with Crippen LogP contribution in [0.1, 0.15) is 23.0 Å². The first-order valence-electron chi connectivity index (χ1n) is 8.35. The van der Waals surface area contributed by atoms with Crippen molar-refractivity contribution in [3.8, 4) is 5.69 Å². The first-order valence-corrected chi connectivity index (χ1v) is 8.35. The molecule has 1 fully saturated rings. The molecule has 1 aliphatic heterocycles. The molecule has 1 unspecified atom stereocenters. The van der Waals surface area contributed by atoms with Crippen molar-refractivity contribution in [2.45, 2.75) is 20.0 Å². The highest BCUT2D eigenvalue weighted by Crippen LogP contribution is 2.14. The van der Waals surface area contributed by atoms with E-state index in [0.717, 1.165) is 24.5 Å². The number of aromatic nitrogens is 2. The number of rotatable bonds is 4. The molecule has 0 bridgehead atoms. The van der Waals surface area contributed by atoms with Crippen LogP contribution in [0.4, 0.5) is 0 Å². The van der Waals surface area contributed by atoms with Crippen LogP contribution in [0.15, 0.2) is 36.5 Å². The van der Waals surface area contributed by atoms with Crippen LogP contribution in [-0.2, 0) is 0 Å². The largest absolute Gasteiger partial charge is 0.392 e. The fraction of sp³-hybridized carbons (Fsp3) is 0.444. The minimum Gasteiger partial charge on any atom is -0.392 e. The molecular formula is C18H24N4O2. The molecule has 1 amide bonds. The quantitative estimate of drug-likeness (QED) is 0.919. The maximum Gasteiger partial charge on any atom is 0.254 e. The van der Waals surface area contributed by atoms with Gasteiger partial charge in [-0.2, -0.15) is 5.10 Å². The Balaban J connectivity index is 1.68. The Morgan fingerprint density at radius 3 is 2.62 bits per heavy atom. The van der Waals surface area contributed by atoms with Gasteiger partial charge in [0.15, 0.2) is 0 Å². The van der Waals surface area contributed by atoms with E-state index in [9.17, 15) is 9.90 Å². The summed E-state index contributed by atoms with van der Waals surface area (Å²) in [5, 5.41) is 13.9. The third kappa shape index (κ3) is 3.83. The van der Waals surface area contributed by atoms with Crippen LogP contribution in [0.2, 0.25) is 0 Å². The number of amides is 1. The molecular weight excluding hydrogens is 304 g/mol. The topological polar surface area (TPSA) is 61.6 Å². The fourth-order valence-corrected chi connectivity index (χ4v) is 3.03. The first kappa shape index (κ1) is 16.7. The summed E-state index contributed by atoms with van der Waals surface area (Å²) in [7, 11) is 0. The summed E-state index contributed by atoms with van der Waals surface area (Å²) >= 11 is 0. The molecule has 1 atom stereocenters. The van der Waals surface area contributed by atoms with Gasteiger partial charge in [0.05, 0.1) is 17.5 Å². The van der Waals surface area contributed by atoms with Crippen molar-refractivity contribution in [3.63, 3.8) is 0 Å². The summed E-state index contributed by atoms with van der Waals surface area (Å²) in [6.07, 6.45) is 1.56. The van der Waals surface area contributed by atoms with Gasteiger partial charge < -0.3 is 10.0 Å². The summed E-state index contributed by atoms with van der Waals surface area (Å²) in [5.74, 6) is 0.0532. The second-order valence-electron chi connectivity index (χ2n) is 6.39. The monoisotopic (exact) mass is 328 g/mol. The summed E-state index contributed by atoms with van der Waals surface area (Å²) < 4.78 is 1.78. The molecule has 1 aliphatic rings. The fourth-order valence-electron chi connectivity index (χ4n) is 3.03. The average Bonchev–Trinajstić information content (AvgIpc) is 3.01. The highest BCUT2D eigenvalue weighted by molar-refractivity contribution is 5.94. The summed E-state index contributed by atoms with van der Waals surface area (Å²) in [4.78, 5) is 16.8. The van der Waals surface area contributed by atoms with Crippen LogP contribution < -0.4 is 0 Å². The van der Waals surface area contributed by atoms with Crippen LogP contribution in [0.5, 0.6) is 0 Å². The molecule has 3 rings (SSSR count). The minimum absolute atomic E-state index is 0.0532. The predicted octanol–water partition coefficient (Wildman–Crippen LogP) is 1.32. The second kappa shape index (κ2) is 7.15. The number of nitrogens with zero attached hydrogens (tertiary/aromatic N) is 4. The van der Waals surface area contributed by atoms with Crippen molar-refractivity contribution in [2.75, 3.05) is 32.7 Å². The third-order valence-electron chi connectivity index (χ3n) is 4.26. The van der Waals surface area contributed by atoms with E-state index in [2.05, 4.69) is 10.00 Å². The van der Waals surface area contributed by atoms with Crippen LogP contribution in [0, 0.1) is 6.92 Å². The van der Waals surface area contributed by atoms with Crippen LogP contribution >= 0.6 is 0 Å². The number of hydrogen-bond acceptors (Lipinski definition) is 4. The van der Waals surface area contributed by atoms with Crippen molar-refractivity contribution in [1.29, 1.82) is 0 Å². The number of carbonyl (C=O) groups excluding carboxylic acids is 1. The van der Waals surface area contributed by atoms with Crippen LogP contribution in [-0.4, -0.2) is 69.4 Å². The Morgan fingerprint density at radius 1 is 1.25 bits per heavy atom. The number of aliphatic hydroxyl groups excluding tert-OH is 1. The molecule has 0 aliphatic carbocycles. The molecule has 0 radical (unpaired) electrons. The van der Waals surface area contributed by atoms with Crippen molar-refractivity contribution in [2.24, 2.45) is 0 Å². The molecule has 6 nitrogen and oxygen atoms in total. The molecule has 1 aromatic heterocycles. The second-order valence-corrected chi connectivity index (χ2v) is 6.39. The van der Waals surface area contributed by atoms with Crippen LogP contribution in [0.25, 0.3) is 5.69 Å². The molecule has 1 aromatic carbocycles. The lowest BCUT2D eigenvalue weighted by molar-refractivity contribution is 0.0554. The van der Waals surface area contributed by atoms with Gasteiger partial charge in [0, 0.05) is 44.5 Å². The predicted molar refractivity (Wildman–Crippen MR) is 92.3 cm³/mol. The Bertz CT molecular complexity index is 703. The van der Waals surface area contributed by atoms with Crippen LogP contribution in [0.3, 0.4) is 0 Å². The van der Waals surface area contributed by atoms with Gasteiger partial charge in [-0.25, -0.2) is 4.68 Å². The number of aliphatic hydroxyl groups is 1. The Kier molecular flexibility index (Phi) is 4.97. The molecule has 1 N–H and O–H groups in total. The number of carbonyl (C=O) groups is 1. The van der Waals surface area contributed by atoms with Gasteiger partial charge in [-0.05, 0) is 38.1 Å². The highest BCUT2D eigenvalue weighted by Gasteiger charge is 2.22. The normalized spacial score (nSPS) is 17.0. The maximum absolute atomic E-state index is 12.7. The zero-order valence-corrected chi connectivity index (χ0v) is 14.2. The van der Waals surface area contributed by atoms with Crippen molar-refractivity contribution < 1.29 is 9.90 Å². The summed E-state index contributed by atoms with van der Waals surface area (Å²) in [5.41, 5.74) is 2.52. The molecule has 2 heterocycles. The van der Waals surface area contributed by atoms with E-state index in [1.165, 1.54) is 0 Å². The number of piperazine rings is 1. The van der Waals surface area contributed by atoms with E-state index in [-0.39, 0.29) is 12.0 Å². The van der Waals surface area contributed by atoms with E-state index in [1.54, 1.807) is 11.6 Å². The first-order chi connectivity index (χ1) is 11.5. The van der Waals surface area contributed by atoms with Crippen molar-refractivity contribution in [1.82, 2.24) is 19.6 Å². The maximum atomic E-state index is 12.7. The molecule has 6 heteroatoms. The number of benzene rings is 1.